The minimum Gasteiger partial charge on any atom is -0.319 e. The number of halogens is 3. The highest BCUT2D eigenvalue weighted by Gasteiger charge is 2.03. The van der Waals surface area contributed by atoms with Gasteiger partial charge in [-0.3, -0.25) is 0 Å². The first-order valence-electron chi connectivity index (χ1n) is 5.89. The summed E-state index contributed by atoms with van der Waals surface area (Å²) in [4.78, 5) is 0. The van der Waals surface area contributed by atoms with Crippen LogP contribution in [0.25, 0.3) is 11.1 Å². The van der Waals surface area contributed by atoms with Gasteiger partial charge in [0.2, 0.25) is 0 Å². The normalized spacial score (nSPS) is 10.1. The van der Waals surface area contributed by atoms with Crippen molar-refractivity contribution < 1.29 is 0 Å². The molecule has 2 aromatic carbocycles. The van der Waals surface area contributed by atoms with Crippen LogP contribution in [-0.2, 0) is 6.42 Å². The fourth-order valence-electron chi connectivity index (χ4n) is 1.85. The average molecular weight is 317 g/mol. The Bertz CT molecular complexity index is 541. The quantitative estimate of drug-likeness (QED) is 0.850. The molecule has 0 saturated carbocycles. The lowest BCUT2D eigenvalue weighted by atomic mass is 10.0. The summed E-state index contributed by atoms with van der Waals surface area (Å²) in [5.74, 6) is 0. The van der Waals surface area contributed by atoms with Gasteiger partial charge in [0.15, 0.2) is 0 Å². The zero-order valence-electron chi connectivity index (χ0n) is 10.6. The number of likely N-dealkylation sites (N-methyl/N-ethyl adjacent to an activating group) is 1. The molecular weight excluding hydrogens is 301 g/mol. The van der Waals surface area contributed by atoms with E-state index in [2.05, 4.69) is 29.6 Å². The first kappa shape index (κ1) is 16.3. The van der Waals surface area contributed by atoms with Gasteiger partial charge in [-0.05, 0) is 48.8 Å². The average Bonchev–Trinajstić information content (AvgIpc) is 2.40. The van der Waals surface area contributed by atoms with Gasteiger partial charge in [-0.15, -0.1) is 12.4 Å². The van der Waals surface area contributed by atoms with Gasteiger partial charge in [-0.25, -0.2) is 0 Å². The summed E-state index contributed by atoms with van der Waals surface area (Å²) in [7, 11) is 1.96. The van der Waals surface area contributed by atoms with Crippen molar-refractivity contribution in [1.29, 1.82) is 0 Å². The summed E-state index contributed by atoms with van der Waals surface area (Å²) in [5.41, 5.74) is 3.57. The van der Waals surface area contributed by atoms with Crippen molar-refractivity contribution in [2.45, 2.75) is 6.42 Å². The number of hydrogen-bond donors (Lipinski definition) is 1. The maximum atomic E-state index is 6.05. The highest BCUT2D eigenvalue weighted by molar-refractivity contribution is 6.42. The molecule has 0 saturated heterocycles. The lowest BCUT2D eigenvalue weighted by Crippen LogP contribution is -2.10. The number of benzene rings is 2. The van der Waals surface area contributed by atoms with Crippen LogP contribution in [0.3, 0.4) is 0 Å². The first-order valence-corrected chi connectivity index (χ1v) is 6.65. The van der Waals surface area contributed by atoms with Crippen LogP contribution < -0.4 is 5.32 Å². The van der Waals surface area contributed by atoms with Crippen molar-refractivity contribution in [2.24, 2.45) is 0 Å². The van der Waals surface area contributed by atoms with Crippen LogP contribution in [0.2, 0.25) is 10.0 Å². The van der Waals surface area contributed by atoms with Gasteiger partial charge in [0.1, 0.15) is 0 Å². The minimum absolute atomic E-state index is 0. The first-order chi connectivity index (χ1) is 8.70. The Hall–Kier alpha value is -0.730. The van der Waals surface area contributed by atoms with Gasteiger partial charge in [-0.2, -0.15) is 0 Å². The summed E-state index contributed by atoms with van der Waals surface area (Å²) in [6, 6.07) is 14.2. The topological polar surface area (TPSA) is 12.0 Å². The van der Waals surface area contributed by atoms with Gasteiger partial charge in [0.25, 0.3) is 0 Å². The molecule has 4 heteroatoms. The van der Waals surface area contributed by atoms with Crippen molar-refractivity contribution >= 4 is 35.6 Å². The zero-order valence-corrected chi connectivity index (χ0v) is 12.9. The Morgan fingerprint density at radius 2 is 1.68 bits per heavy atom. The summed E-state index contributed by atoms with van der Waals surface area (Å²) < 4.78 is 0. The Morgan fingerprint density at radius 3 is 2.37 bits per heavy atom. The smallest absolute Gasteiger partial charge is 0.0598 e. The van der Waals surface area contributed by atoms with Crippen LogP contribution in [-0.4, -0.2) is 13.6 Å². The SMILES string of the molecule is CNCCc1cccc(-c2ccc(Cl)c(Cl)c2)c1.Cl. The van der Waals surface area contributed by atoms with Crippen LogP contribution in [0.15, 0.2) is 42.5 Å². The molecule has 0 spiro atoms. The lowest BCUT2D eigenvalue weighted by molar-refractivity contribution is 0.792. The van der Waals surface area contributed by atoms with Gasteiger partial charge >= 0.3 is 0 Å². The van der Waals surface area contributed by atoms with E-state index in [1.807, 2.05) is 25.2 Å². The zero-order chi connectivity index (χ0) is 13.0. The molecule has 0 aliphatic rings. The molecule has 0 amide bonds. The summed E-state index contributed by atoms with van der Waals surface area (Å²) >= 11 is 12.0. The fraction of sp³-hybridized carbons (Fsp3) is 0.200. The monoisotopic (exact) mass is 315 g/mol. The standard InChI is InChI=1S/C15H15Cl2N.ClH/c1-18-8-7-11-3-2-4-12(9-11)13-5-6-14(16)15(17)10-13;/h2-6,9-10,18H,7-8H2,1H3;1H. The molecule has 0 aliphatic heterocycles. The van der Waals surface area contributed by atoms with Gasteiger partial charge in [0.05, 0.1) is 10.0 Å². The van der Waals surface area contributed by atoms with E-state index in [4.69, 9.17) is 23.2 Å². The molecule has 1 nitrogen and oxygen atoms in total. The Labute approximate surface area is 130 Å². The molecule has 19 heavy (non-hydrogen) atoms. The Morgan fingerprint density at radius 1 is 0.947 bits per heavy atom. The van der Waals surface area contributed by atoms with E-state index in [1.165, 1.54) is 11.1 Å². The number of nitrogens with one attached hydrogen (secondary N) is 1. The second-order valence-electron chi connectivity index (χ2n) is 4.18. The van der Waals surface area contributed by atoms with Crippen LogP contribution >= 0.6 is 35.6 Å². The van der Waals surface area contributed by atoms with E-state index < -0.39 is 0 Å². The third kappa shape index (κ3) is 4.39. The van der Waals surface area contributed by atoms with Crippen molar-refractivity contribution in [1.82, 2.24) is 5.32 Å². The fourth-order valence-corrected chi connectivity index (χ4v) is 2.15. The van der Waals surface area contributed by atoms with E-state index in [-0.39, 0.29) is 12.4 Å². The molecule has 0 unspecified atom stereocenters. The highest BCUT2D eigenvalue weighted by atomic mass is 35.5. The molecule has 2 aromatic rings. The molecule has 0 fully saturated rings. The Balaban J connectivity index is 0.00000180. The predicted molar refractivity (Wildman–Crippen MR) is 86.8 cm³/mol. The molecule has 0 aromatic heterocycles. The highest BCUT2D eigenvalue weighted by Crippen LogP contribution is 2.28. The van der Waals surface area contributed by atoms with E-state index in [9.17, 15) is 0 Å². The van der Waals surface area contributed by atoms with Crippen LogP contribution in [0, 0.1) is 0 Å². The summed E-state index contributed by atoms with van der Waals surface area (Å²) in [6.07, 6.45) is 1.02. The maximum absolute atomic E-state index is 6.05. The molecular formula is C15H16Cl3N. The Kier molecular flexibility index (Phi) is 6.67. The van der Waals surface area contributed by atoms with Gasteiger partial charge in [-0.1, -0.05) is 53.5 Å². The molecule has 0 bridgehead atoms. The third-order valence-corrected chi connectivity index (χ3v) is 3.58. The summed E-state index contributed by atoms with van der Waals surface area (Å²) in [6.45, 7) is 0.977. The molecule has 1 N–H and O–H groups in total. The second kappa shape index (κ2) is 7.76. The van der Waals surface area contributed by atoms with E-state index in [0.29, 0.717) is 10.0 Å². The molecule has 2 rings (SSSR count). The van der Waals surface area contributed by atoms with E-state index in [0.717, 1.165) is 18.5 Å². The van der Waals surface area contributed by atoms with Gasteiger partial charge in [0, 0.05) is 0 Å². The third-order valence-electron chi connectivity index (χ3n) is 2.84. The molecule has 0 heterocycles. The van der Waals surface area contributed by atoms with E-state index in [1.54, 1.807) is 0 Å². The largest absolute Gasteiger partial charge is 0.319 e. The molecule has 0 atom stereocenters. The molecule has 0 aliphatic carbocycles. The lowest BCUT2D eigenvalue weighted by Gasteiger charge is -2.06. The van der Waals surface area contributed by atoms with Crippen LogP contribution in [0.5, 0.6) is 0 Å². The van der Waals surface area contributed by atoms with Crippen molar-refractivity contribution in [3.8, 4) is 11.1 Å². The molecule has 102 valence electrons. The molecule has 0 radical (unpaired) electrons. The minimum atomic E-state index is 0. The second-order valence-corrected chi connectivity index (χ2v) is 5.00. The predicted octanol–water partition coefficient (Wildman–Crippen LogP) is 4.84. The van der Waals surface area contributed by atoms with Crippen molar-refractivity contribution in [3.63, 3.8) is 0 Å². The van der Waals surface area contributed by atoms with E-state index >= 15 is 0 Å². The van der Waals surface area contributed by atoms with Crippen molar-refractivity contribution in [3.05, 3.63) is 58.1 Å². The summed E-state index contributed by atoms with van der Waals surface area (Å²) in [5, 5.41) is 4.34. The van der Waals surface area contributed by atoms with Crippen LogP contribution in [0.4, 0.5) is 0 Å². The van der Waals surface area contributed by atoms with Gasteiger partial charge < -0.3 is 5.32 Å². The number of hydrogen-bond acceptors (Lipinski definition) is 1. The van der Waals surface area contributed by atoms with Crippen LogP contribution in [0.1, 0.15) is 5.56 Å². The van der Waals surface area contributed by atoms with Crippen molar-refractivity contribution in [2.75, 3.05) is 13.6 Å². The maximum Gasteiger partial charge on any atom is 0.0598 e. The number of rotatable bonds is 4.